The summed E-state index contributed by atoms with van der Waals surface area (Å²) in [5, 5.41) is 25.5. The van der Waals surface area contributed by atoms with E-state index < -0.39 is 17.6 Å². The number of hydrogen-bond donors (Lipinski definition) is 4. The molecule has 1 aromatic carbocycles. The third-order valence-electron chi connectivity index (χ3n) is 5.18. The Kier molecular flexibility index (Phi) is 8.00. The highest BCUT2D eigenvalue weighted by Crippen LogP contribution is 2.29. The number of benzene rings is 1. The number of carbonyl (C=O) groups excluding carboxylic acids is 2. The number of aliphatic hydroxyl groups excluding tert-OH is 2. The maximum absolute atomic E-state index is 12.5. The molecule has 27 heavy (non-hydrogen) atoms. The van der Waals surface area contributed by atoms with Crippen LogP contribution in [0.15, 0.2) is 43.0 Å². The molecule has 1 fully saturated rings. The van der Waals surface area contributed by atoms with Crippen molar-refractivity contribution in [1.29, 1.82) is 0 Å². The van der Waals surface area contributed by atoms with Crippen LogP contribution >= 0.6 is 0 Å². The van der Waals surface area contributed by atoms with Crippen LogP contribution in [0.4, 0.5) is 0 Å². The van der Waals surface area contributed by atoms with Crippen LogP contribution in [-0.4, -0.2) is 40.7 Å². The fraction of sp³-hybridized carbons (Fsp3) is 0.524. The predicted molar refractivity (Wildman–Crippen MR) is 104 cm³/mol. The van der Waals surface area contributed by atoms with E-state index in [9.17, 15) is 19.8 Å². The molecular formula is C21H30N2O4. The summed E-state index contributed by atoms with van der Waals surface area (Å²) in [7, 11) is 0. The van der Waals surface area contributed by atoms with E-state index in [4.69, 9.17) is 0 Å². The maximum Gasteiger partial charge on any atom is 0.224 e. The van der Waals surface area contributed by atoms with Gasteiger partial charge in [-0.25, -0.2) is 0 Å². The molecule has 0 radical (unpaired) electrons. The van der Waals surface area contributed by atoms with Gasteiger partial charge in [0.2, 0.25) is 11.8 Å². The summed E-state index contributed by atoms with van der Waals surface area (Å²) in [6.45, 7) is 3.66. The third kappa shape index (κ3) is 6.19. The Hall–Kier alpha value is -2.18. The summed E-state index contributed by atoms with van der Waals surface area (Å²) < 4.78 is 0. The molecule has 148 valence electrons. The van der Waals surface area contributed by atoms with Gasteiger partial charge in [-0.05, 0) is 24.8 Å². The van der Waals surface area contributed by atoms with Crippen molar-refractivity contribution < 1.29 is 19.8 Å². The van der Waals surface area contributed by atoms with Crippen LogP contribution in [0.2, 0.25) is 0 Å². The Balaban J connectivity index is 1.88. The van der Waals surface area contributed by atoms with Gasteiger partial charge in [-0.2, -0.15) is 0 Å². The fourth-order valence-corrected chi connectivity index (χ4v) is 3.56. The average Bonchev–Trinajstić information content (AvgIpc) is 3.15. The van der Waals surface area contributed by atoms with Crippen molar-refractivity contribution in [3.63, 3.8) is 0 Å². The van der Waals surface area contributed by atoms with Gasteiger partial charge < -0.3 is 20.8 Å². The van der Waals surface area contributed by atoms with Crippen LogP contribution in [0.25, 0.3) is 0 Å². The monoisotopic (exact) mass is 374 g/mol. The molecule has 0 saturated heterocycles. The molecule has 1 aliphatic carbocycles. The van der Waals surface area contributed by atoms with Crippen LogP contribution < -0.4 is 10.6 Å². The Labute approximate surface area is 160 Å². The first kappa shape index (κ1) is 21.1. The predicted octanol–water partition coefficient (Wildman–Crippen LogP) is 1.84. The van der Waals surface area contributed by atoms with Gasteiger partial charge in [0.15, 0.2) is 0 Å². The van der Waals surface area contributed by atoms with Gasteiger partial charge in [-0.1, -0.05) is 49.2 Å². The standard InChI is InChI=1S/C21H30N2O4/c1-2-8-17(13-19(26)23-21(15-24)11-6-7-12-21)20(27)22-14-18(25)16-9-4-3-5-10-16/h2-5,9-10,17-18,24-25H,1,6-8,11-15H2,(H,22,27)(H,23,26)/t17-,18-/m1/s1. The van der Waals surface area contributed by atoms with Crippen LogP contribution in [0.5, 0.6) is 0 Å². The number of hydrogen-bond acceptors (Lipinski definition) is 4. The normalized spacial score (nSPS) is 17.7. The molecule has 2 atom stereocenters. The lowest BCUT2D eigenvalue weighted by Crippen LogP contribution is -2.50. The summed E-state index contributed by atoms with van der Waals surface area (Å²) in [6.07, 6.45) is 4.69. The smallest absolute Gasteiger partial charge is 0.224 e. The van der Waals surface area contributed by atoms with Crippen LogP contribution in [0.1, 0.15) is 50.2 Å². The zero-order valence-electron chi connectivity index (χ0n) is 15.7. The Bertz CT molecular complexity index is 626. The molecule has 2 rings (SSSR count). The molecule has 0 bridgehead atoms. The lowest BCUT2D eigenvalue weighted by molar-refractivity contribution is -0.131. The molecule has 0 aliphatic heterocycles. The van der Waals surface area contributed by atoms with Crippen molar-refractivity contribution in [2.45, 2.75) is 50.2 Å². The van der Waals surface area contributed by atoms with Gasteiger partial charge in [0.05, 0.1) is 24.2 Å². The van der Waals surface area contributed by atoms with E-state index in [0.29, 0.717) is 6.42 Å². The lowest BCUT2D eigenvalue weighted by atomic mass is 9.95. The van der Waals surface area contributed by atoms with E-state index >= 15 is 0 Å². The summed E-state index contributed by atoms with van der Waals surface area (Å²) in [4.78, 5) is 24.9. The zero-order valence-corrected chi connectivity index (χ0v) is 15.7. The number of rotatable bonds is 10. The number of amides is 2. The Morgan fingerprint density at radius 1 is 1.22 bits per heavy atom. The molecule has 0 spiro atoms. The molecule has 1 saturated carbocycles. The fourth-order valence-electron chi connectivity index (χ4n) is 3.56. The molecule has 6 heteroatoms. The minimum absolute atomic E-state index is 0.0288. The van der Waals surface area contributed by atoms with Gasteiger partial charge in [0, 0.05) is 13.0 Å². The van der Waals surface area contributed by atoms with Gasteiger partial charge >= 0.3 is 0 Å². The maximum atomic E-state index is 12.5. The van der Waals surface area contributed by atoms with Crippen molar-refractivity contribution in [3.05, 3.63) is 48.6 Å². The molecule has 6 nitrogen and oxygen atoms in total. The van der Waals surface area contributed by atoms with E-state index in [1.165, 1.54) is 0 Å². The molecule has 2 amide bonds. The zero-order chi connectivity index (χ0) is 19.7. The second-order valence-electron chi connectivity index (χ2n) is 7.29. The number of aliphatic hydroxyl groups is 2. The molecule has 0 aromatic heterocycles. The van der Waals surface area contributed by atoms with Gasteiger partial charge in [-0.3, -0.25) is 9.59 Å². The molecule has 4 N–H and O–H groups in total. The highest BCUT2D eigenvalue weighted by Gasteiger charge is 2.35. The van der Waals surface area contributed by atoms with Gasteiger partial charge in [0.1, 0.15) is 0 Å². The second kappa shape index (κ2) is 10.2. The van der Waals surface area contributed by atoms with Crippen LogP contribution in [0.3, 0.4) is 0 Å². The first-order valence-corrected chi connectivity index (χ1v) is 9.53. The van der Waals surface area contributed by atoms with Gasteiger partial charge in [-0.15, -0.1) is 6.58 Å². The van der Waals surface area contributed by atoms with Crippen LogP contribution in [-0.2, 0) is 9.59 Å². The molecule has 1 aromatic rings. The van der Waals surface area contributed by atoms with E-state index in [-0.39, 0.29) is 31.4 Å². The number of nitrogens with one attached hydrogen (secondary N) is 2. The molecule has 1 aliphatic rings. The average molecular weight is 374 g/mol. The Morgan fingerprint density at radius 3 is 2.48 bits per heavy atom. The van der Waals surface area contributed by atoms with E-state index in [1.54, 1.807) is 18.2 Å². The highest BCUT2D eigenvalue weighted by atomic mass is 16.3. The third-order valence-corrected chi connectivity index (χ3v) is 5.18. The minimum Gasteiger partial charge on any atom is -0.394 e. The minimum atomic E-state index is -0.801. The highest BCUT2D eigenvalue weighted by molar-refractivity contribution is 5.86. The number of allylic oxidation sites excluding steroid dienone is 1. The van der Waals surface area contributed by atoms with Crippen molar-refractivity contribution in [3.8, 4) is 0 Å². The van der Waals surface area contributed by atoms with Crippen molar-refractivity contribution >= 4 is 11.8 Å². The van der Waals surface area contributed by atoms with Gasteiger partial charge in [0.25, 0.3) is 0 Å². The second-order valence-corrected chi connectivity index (χ2v) is 7.29. The summed E-state index contributed by atoms with van der Waals surface area (Å²) >= 11 is 0. The summed E-state index contributed by atoms with van der Waals surface area (Å²) in [5.74, 6) is -1.08. The largest absolute Gasteiger partial charge is 0.394 e. The molecular weight excluding hydrogens is 344 g/mol. The quantitative estimate of drug-likeness (QED) is 0.470. The topological polar surface area (TPSA) is 98.7 Å². The van der Waals surface area contributed by atoms with Crippen molar-refractivity contribution in [2.75, 3.05) is 13.2 Å². The van der Waals surface area contributed by atoms with Crippen molar-refractivity contribution in [2.24, 2.45) is 5.92 Å². The van der Waals surface area contributed by atoms with E-state index in [2.05, 4.69) is 17.2 Å². The SMILES string of the molecule is C=CC[C@H](CC(=O)NC1(CO)CCCC1)C(=O)NC[C@@H](O)c1ccccc1. The molecule has 0 heterocycles. The summed E-state index contributed by atoms with van der Waals surface area (Å²) in [5.41, 5.74) is 0.178. The first-order valence-electron chi connectivity index (χ1n) is 9.53. The molecule has 0 unspecified atom stereocenters. The lowest BCUT2D eigenvalue weighted by Gasteiger charge is -2.28. The Morgan fingerprint density at radius 2 is 1.89 bits per heavy atom. The van der Waals surface area contributed by atoms with Crippen molar-refractivity contribution in [1.82, 2.24) is 10.6 Å². The van der Waals surface area contributed by atoms with E-state index in [0.717, 1.165) is 31.2 Å². The first-order chi connectivity index (χ1) is 13.0. The number of carbonyl (C=O) groups is 2. The van der Waals surface area contributed by atoms with Crippen LogP contribution in [0, 0.1) is 5.92 Å². The van der Waals surface area contributed by atoms with E-state index in [1.807, 2.05) is 18.2 Å². The summed E-state index contributed by atoms with van der Waals surface area (Å²) in [6, 6.07) is 9.09.